The molecule has 0 saturated carbocycles. The van der Waals surface area contributed by atoms with Gasteiger partial charge in [-0.2, -0.15) is 0 Å². The minimum atomic E-state index is -3.71. The van der Waals surface area contributed by atoms with Gasteiger partial charge in [-0.3, -0.25) is 9.59 Å². The minimum absolute atomic E-state index is 0.0518. The van der Waals surface area contributed by atoms with Crippen molar-refractivity contribution in [2.24, 2.45) is 0 Å². The highest BCUT2D eigenvalue weighted by Gasteiger charge is 2.26. The number of rotatable bonds is 5. The number of sulfonamides is 1. The van der Waals surface area contributed by atoms with E-state index in [1.165, 1.54) is 38.2 Å². The van der Waals surface area contributed by atoms with Gasteiger partial charge in [0.15, 0.2) is 5.78 Å². The number of nitrogens with one attached hydrogen (secondary N) is 1. The summed E-state index contributed by atoms with van der Waals surface area (Å²) < 4.78 is 40.6. The zero-order chi connectivity index (χ0) is 22.1. The molecule has 0 radical (unpaired) electrons. The molecule has 0 spiro atoms. The summed E-state index contributed by atoms with van der Waals surface area (Å²) in [6.45, 7) is 2.77. The molecule has 1 aliphatic heterocycles. The van der Waals surface area contributed by atoms with Gasteiger partial charge < -0.3 is 9.80 Å². The molecule has 1 amide bonds. The van der Waals surface area contributed by atoms with Crippen LogP contribution in [-0.4, -0.2) is 58.2 Å². The van der Waals surface area contributed by atoms with Gasteiger partial charge in [-0.1, -0.05) is 11.6 Å². The lowest BCUT2D eigenvalue weighted by Gasteiger charge is -2.36. The molecule has 7 nitrogen and oxygen atoms in total. The van der Waals surface area contributed by atoms with Gasteiger partial charge in [-0.25, -0.2) is 17.5 Å². The number of halogens is 2. The minimum Gasteiger partial charge on any atom is -0.366 e. The van der Waals surface area contributed by atoms with Crippen LogP contribution in [0.2, 0.25) is 5.02 Å². The van der Waals surface area contributed by atoms with Crippen LogP contribution in [-0.2, 0) is 10.0 Å². The maximum atomic E-state index is 14.4. The lowest BCUT2D eigenvalue weighted by molar-refractivity contribution is 0.0746. The Labute approximate surface area is 179 Å². The summed E-state index contributed by atoms with van der Waals surface area (Å²) in [6.07, 6.45) is 0. The highest BCUT2D eigenvalue weighted by atomic mass is 35.5. The van der Waals surface area contributed by atoms with E-state index in [4.69, 9.17) is 11.6 Å². The van der Waals surface area contributed by atoms with Crippen LogP contribution in [0, 0.1) is 5.82 Å². The standard InChI is InChI=1S/C20H21ClFN3O4S/c1-13(26)14-3-6-19(18(22)11-14)24-7-9-25(10-8-24)20(27)16-12-15(4-5-17(16)21)30(28,29)23-2/h3-6,11-12,23H,7-10H2,1-2H3. The molecule has 0 bridgehead atoms. The Hall–Kier alpha value is -2.49. The second kappa shape index (κ2) is 8.71. The van der Waals surface area contributed by atoms with Crippen molar-refractivity contribution in [3.63, 3.8) is 0 Å². The van der Waals surface area contributed by atoms with E-state index in [1.807, 2.05) is 0 Å². The topological polar surface area (TPSA) is 86.8 Å². The number of ketones is 1. The van der Waals surface area contributed by atoms with Gasteiger partial charge in [0.25, 0.3) is 5.91 Å². The maximum Gasteiger partial charge on any atom is 0.255 e. The van der Waals surface area contributed by atoms with Gasteiger partial charge in [0, 0.05) is 31.7 Å². The van der Waals surface area contributed by atoms with Crippen LogP contribution in [0.15, 0.2) is 41.3 Å². The van der Waals surface area contributed by atoms with E-state index in [9.17, 15) is 22.4 Å². The number of anilines is 1. The fraction of sp³-hybridized carbons (Fsp3) is 0.300. The average molecular weight is 454 g/mol. The fourth-order valence-electron chi connectivity index (χ4n) is 3.26. The first kappa shape index (κ1) is 22.2. The molecule has 3 rings (SSSR count). The molecule has 2 aromatic carbocycles. The van der Waals surface area contributed by atoms with E-state index < -0.39 is 15.8 Å². The third-order valence-electron chi connectivity index (χ3n) is 5.01. The Morgan fingerprint density at radius 2 is 1.73 bits per heavy atom. The van der Waals surface area contributed by atoms with Crippen molar-refractivity contribution in [3.8, 4) is 0 Å². The van der Waals surface area contributed by atoms with Gasteiger partial charge in [0.2, 0.25) is 10.0 Å². The molecule has 2 aromatic rings. The monoisotopic (exact) mass is 453 g/mol. The number of Topliss-reactive ketones (excluding diaryl/α,β-unsaturated/α-hetero) is 1. The summed E-state index contributed by atoms with van der Waals surface area (Å²) in [4.78, 5) is 27.6. The number of nitrogens with zero attached hydrogens (tertiary/aromatic N) is 2. The smallest absolute Gasteiger partial charge is 0.255 e. The lowest BCUT2D eigenvalue weighted by Crippen LogP contribution is -2.49. The van der Waals surface area contributed by atoms with Gasteiger partial charge in [0.1, 0.15) is 5.82 Å². The van der Waals surface area contributed by atoms with E-state index in [2.05, 4.69) is 4.72 Å². The number of piperazine rings is 1. The molecule has 1 heterocycles. The molecular weight excluding hydrogens is 433 g/mol. The number of hydrogen-bond donors (Lipinski definition) is 1. The predicted octanol–water partition coefficient (Wildman–Crippen LogP) is 2.55. The van der Waals surface area contributed by atoms with Crippen molar-refractivity contribution >= 4 is 39.0 Å². The van der Waals surface area contributed by atoms with Crippen LogP contribution in [0.25, 0.3) is 0 Å². The molecule has 1 aliphatic rings. The molecule has 0 atom stereocenters. The molecular formula is C20H21ClFN3O4S. The number of carbonyl (C=O) groups is 2. The molecule has 30 heavy (non-hydrogen) atoms. The van der Waals surface area contributed by atoms with E-state index in [0.29, 0.717) is 37.4 Å². The second-order valence-corrected chi connectivity index (χ2v) is 9.14. The third kappa shape index (κ3) is 4.48. The largest absolute Gasteiger partial charge is 0.366 e. The lowest BCUT2D eigenvalue weighted by atomic mass is 10.1. The third-order valence-corrected chi connectivity index (χ3v) is 6.75. The first-order valence-corrected chi connectivity index (χ1v) is 11.1. The Bertz CT molecular complexity index is 1100. The zero-order valence-electron chi connectivity index (χ0n) is 16.5. The van der Waals surface area contributed by atoms with Gasteiger partial charge in [0.05, 0.1) is 21.2 Å². The number of amides is 1. The van der Waals surface area contributed by atoms with Crippen LogP contribution in [0.5, 0.6) is 0 Å². The predicted molar refractivity (Wildman–Crippen MR) is 112 cm³/mol. The van der Waals surface area contributed by atoms with E-state index in [1.54, 1.807) is 21.9 Å². The molecule has 0 unspecified atom stereocenters. The summed E-state index contributed by atoms with van der Waals surface area (Å²) >= 11 is 6.14. The van der Waals surface area contributed by atoms with Crippen LogP contribution in [0.3, 0.4) is 0 Å². The summed E-state index contributed by atoms with van der Waals surface area (Å²) in [7, 11) is -2.43. The van der Waals surface area contributed by atoms with E-state index in [-0.39, 0.29) is 27.2 Å². The Kier molecular flexibility index (Phi) is 6.44. The maximum absolute atomic E-state index is 14.4. The van der Waals surface area contributed by atoms with Crippen LogP contribution in [0.1, 0.15) is 27.6 Å². The Balaban J connectivity index is 1.75. The van der Waals surface area contributed by atoms with E-state index >= 15 is 0 Å². The normalized spacial score (nSPS) is 14.7. The first-order valence-electron chi connectivity index (χ1n) is 9.22. The second-order valence-electron chi connectivity index (χ2n) is 6.85. The van der Waals surface area contributed by atoms with Gasteiger partial charge in [-0.15, -0.1) is 0 Å². The molecule has 1 fully saturated rings. The molecule has 1 N–H and O–H groups in total. The summed E-state index contributed by atoms with van der Waals surface area (Å²) in [5, 5.41) is 0.156. The first-order chi connectivity index (χ1) is 14.1. The van der Waals surface area contributed by atoms with Crippen LogP contribution in [0.4, 0.5) is 10.1 Å². The molecule has 0 aliphatic carbocycles. The molecule has 160 valence electrons. The fourth-order valence-corrected chi connectivity index (χ4v) is 4.21. The molecule has 10 heteroatoms. The van der Waals surface area contributed by atoms with Crippen molar-refractivity contribution < 1.29 is 22.4 Å². The average Bonchev–Trinajstić information content (AvgIpc) is 2.73. The van der Waals surface area contributed by atoms with Crippen LogP contribution < -0.4 is 9.62 Å². The highest BCUT2D eigenvalue weighted by Crippen LogP contribution is 2.25. The number of carbonyl (C=O) groups excluding carboxylic acids is 2. The van der Waals surface area contributed by atoms with Crippen molar-refractivity contribution in [1.82, 2.24) is 9.62 Å². The molecule has 1 saturated heterocycles. The number of hydrogen-bond acceptors (Lipinski definition) is 5. The quantitative estimate of drug-likeness (QED) is 0.703. The SMILES string of the molecule is CNS(=O)(=O)c1ccc(Cl)c(C(=O)N2CCN(c3ccc(C(C)=O)cc3F)CC2)c1. The van der Waals surface area contributed by atoms with Gasteiger partial charge >= 0.3 is 0 Å². The Morgan fingerprint density at radius 3 is 2.30 bits per heavy atom. The van der Waals surface area contributed by atoms with Crippen LogP contribution >= 0.6 is 11.6 Å². The highest BCUT2D eigenvalue weighted by molar-refractivity contribution is 7.89. The number of benzene rings is 2. The zero-order valence-corrected chi connectivity index (χ0v) is 18.1. The van der Waals surface area contributed by atoms with Gasteiger partial charge in [-0.05, 0) is 50.4 Å². The van der Waals surface area contributed by atoms with Crippen molar-refractivity contribution in [2.75, 3.05) is 38.1 Å². The van der Waals surface area contributed by atoms with E-state index in [0.717, 1.165) is 0 Å². The van der Waals surface area contributed by atoms with Crippen molar-refractivity contribution in [1.29, 1.82) is 0 Å². The summed E-state index contributed by atoms with van der Waals surface area (Å²) in [5.74, 6) is -1.09. The van der Waals surface area contributed by atoms with Crippen molar-refractivity contribution in [2.45, 2.75) is 11.8 Å². The summed E-state index contributed by atoms with van der Waals surface area (Å²) in [5.41, 5.74) is 0.766. The Morgan fingerprint density at radius 1 is 1.07 bits per heavy atom. The summed E-state index contributed by atoms with van der Waals surface area (Å²) in [6, 6.07) is 8.31. The van der Waals surface area contributed by atoms with Crippen molar-refractivity contribution in [3.05, 3.63) is 58.4 Å². The molecule has 0 aromatic heterocycles.